The highest BCUT2D eigenvalue weighted by atomic mass is 15.1. The predicted molar refractivity (Wildman–Crippen MR) is 269 cm³/mol. The van der Waals surface area contributed by atoms with Crippen molar-refractivity contribution in [3.63, 3.8) is 0 Å². The summed E-state index contributed by atoms with van der Waals surface area (Å²) in [5, 5.41) is 1.22. The maximum atomic E-state index is 2.46. The second-order valence-corrected chi connectivity index (χ2v) is 18.5. The first kappa shape index (κ1) is 38.0. The van der Waals surface area contributed by atoms with E-state index in [-0.39, 0.29) is 10.8 Å². The van der Waals surface area contributed by atoms with Gasteiger partial charge in [0.2, 0.25) is 0 Å². The Morgan fingerprint density at radius 3 is 1.36 bits per heavy atom. The largest absolute Gasteiger partial charge is 0.310 e. The van der Waals surface area contributed by atoms with Crippen LogP contribution in [-0.2, 0) is 10.8 Å². The summed E-state index contributed by atoms with van der Waals surface area (Å²) < 4.78 is 2.44. The van der Waals surface area contributed by atoms with Crippen LogP contribution in [0.1, 0.15) is 49.9 Å². The number of nitrogens with zero attached hydrogens (tertiary/aromatic N) is 2. The lowest BCUT2D eigenvalue weighted by atomic mass is 9.82. The smallest absolute Gasteiger partial charge is 0.0619 e. The topological polar surface area (TPSA) is 8.17 Å². The molecule has 64 heavy (non-hydrogen) atoms. The molecule has 0 radical (unpaired) electrons. The first-order valence-electron chi connectivity index (χ1n) is 22.5. The molecule has 0 aliphatic heterocycles. The van der Waals surface area contributed by atoms with E-state index < -0.39 is 0 Å². The van der Waals surface area contributed by atoms with Gasteiger partial charge < -0.3 is 9.47 Å². The van der Waals surface area contributed by atoms with E-state index in [9.17, 15) is 0 Å². The fraction of sp³-hybridized carbons (Fsp3) is 0.0968. The fourth-order valence-corrected chi connectivity index (χ4v) is 11.0. The van der Waals surface area contributed by atoms with E-state index in [2.05, 4.69) is 256 Å². The predicted octanol–water partition coefficient (Wildman–Crippen LogP) is 16.7. The normalized spacial score (nSPS) is 13.9. The van der Waals surface area contributed by atoms with Gasteiger partial charge in [0.1, 0.15) is 0 Å². The van der Waals surface area contributed by atoms with Crippen molar-refractivity contribution >= 4 is 28.0 Å². The van der Waals surface area contributed by atoms with Gasteiger partial charge in [0.05, 0.1) is 11.2 Å². The van der Waals surface area contributed by atoms with E-state index in [1.54, 1.807) is 0 Å². The van der Waals surface area contributed by atoms with Crippen molar-refractivity contribution in [2.24, 2.45) is 0 Å². The number of rotatable bonds is 7. The monoisotopic (exact) mass is 820 g/mol. The summed E-state index contributed by atoms with van der Waals surface area (Å²) in [4.78, 5) is 2.46. The quantitative estimate of drug-likeness (QED) is 0.155. The van der Waals surface area contributed by atoms with Gasteiger partial charge in [-0.15, -0.1) is 0 Å². The van der Waals surface area contributed by atoms with E-state index in [1.807, 2.05) is 0 Å². The van der Waals surface area contributed by atoms with Gasteiger partial charge >= 0.3 is 0 Å². The minimum Gasteiger partial charge on any atom is -0.310 e. The Labute approximate surface area is 376 Å². The minimum absolute atomic E-state index is 0.115. The van der Waals surface area contributed by atoms with Crippen LogP contribution in [0, 0.1) is 0 Å². The third kappa shape index (κ3) is 5.79. The van der Waals surface area contributed by atoms with Crippen LogP contribution in [0.5, 0.6) is 0 Å². The molecule has 9 aromatic carbocycles. The van der Waals surface area contributed by atoms with Crippen molar-refractivity contribution in [3.05, 3.63) is 241 Å². The molecule has 0 saturated carbocycles. The third-order valence-corrected chi connectivity index (χ3v) is 14.2. The molecule has 2 aliphatic carbocycles. The zero-order valence-corrected chi connectivity index (χ0v) is 36.7. The van der Waals surface area contributed by atoms with Gasteiger partial charge in [-0.1, -0.05) is 185 Å². The Kier molecular flexibility index (Phi) is 8.58. The summed E-state index contributed by atoms with van der Waals surface area (Å²) in [6.07, 6.45) is 0. The first-order chi connectivity index (χ1) is 31.3. The molecule has 1 aromatic heterocycles. The molecule has 0 spiro atoms. The van der Waals surface area contributed by atoms with Gasteiger partial charge in [-0.25, -0.2) is 0 Å². The number of benzene rings is 9. The van der Waals surface area contributed by atoms with E-state index in [1.165, 1.54) is 88.9 Å². The molecule has 0 bridgehead atoms. The van der Waals surface area contributed by atoms with Gasteiger partial charge in [0, 0.05) is 44.5 Å². The Bertz CT molecular complexity index is 3300. The highest BCUT2D eigenvalue weighted by molar-refractivity contribution is 6.07. The van der Waals surface area contributed by atoms with E-state index in [0.717, 1.165) is 22.7 Å². The number of para-hydroxylation sites is 1. The van der Waals surface area contributed by atoms with Crippen molar-refractivity contribution in [2.45, 2.75) is 38.5 Å². The summed E-state index contributed by atoms with van der Waals surface area (Å²) in [7, 11) is 0. The number of anilines is 3. The van der Waals surface area contributed by atoms with Gasteiger partial charge in [0.15, 0.2) is 0 Å². The Balaban J connectivity index is 1.01. The second kappa shape index (κ2) is 14.4. The van der Waals surface area contributed by atoms with Gasteiger partial charge in [-0.05, 0) is 127 Å². The SMILES string of the molecule is CC1(C)c2ccccc2-c2ccc(N(c3ccc(-c4ccc5c(c4)c(-c4ccccc4)c(-c4ccccc4)n5-c4ccccc4)cc3)c3ccc4c(c3)C(C)(C)c3ccccc3-4)cc21. The lowest BCUT2D eigenvalue weighted by molar-refractivity contribution is 0.660. The summed E-state index contributed by atoms with van der Waals surface area (Å²) in [6, 6.07) is 80.7. The molecule has 12 rings (SSSR count). The molecule has 2 nitrogen and oxygen atoms in total. The molecule has 10 aromatic rings. The Morgan fingerprint density at radius 2 is 0.797 bits per heavy atom. The maximum Gasteiger partial charge on any atom is 0.0619 e. The van der Waals surface area contributed by atoms with Crippen LogP contribution >= 0.6 is 0 Å². The molecule has 0 saturated heterocycles. The summed E-state index contributed by atoms with van der Waals surface area (Å²) in [5.41, 5.74) is 23.5. The van der Waals surface area contributed by atoms with Gasteiger partial charge in [-0.3, -0.25) is 0 Å². The second-order valence-electron chi connectivity index (χ2n) is 18.5. The van der Waals surface area contributed by atoms with Crippen molar-refractivity contribution < 1.29 is 0 Å². The zero-order valence-electron chi connectivity index (χ0n) is 36.7. The highest BCUT2D eigenvalue weighted by Gasteiger charge is 2.38. The van der Waals surface area contributed by atoms with Crippen molar-refractivity contribution in [1.82, 2.24) is 4.57 Å². The third-order valence-electron chi connectivity index (χ3n) is 14.2. The standard InChI is InChI=1S/C62H48N2/c1-61(2)54-26-16-14-24-49(54)51-35-33-47(39-56(51)61)63(48-34-36-52-50-25-15-17-27-55(50)62(3,4)57(52)40-48)46-31-28-41(29-32-46)44-30-37-58-53(38-44)59(42-18-8-5-9-19-42)60(43-20-10-6-11-21-43)64(58)45-22-12-7-13-23-45/h5-40H,1-4H3. The van der Waals surface area contributed by atoms with E-state index in [0.29, 0.717) is 0 Å². The molecule has 0 amide bonds. The molecule has 0 atom stereocenters. The maximum absolute atomic E-state index is 2.46. The van der Waals surface area contributed by atoms with Crippen LogP contribution in [0.2, 0.25) is 0 Å². The minimum atomic E-state index is -0.115. The number of hydrogen-bond acceptors (Lipinski definition) is 1. The molecule has 2 heteroatoms. The van der Waals surface area contributed by atoms with Crippen LogP contribution in [0.25, 0.3) is 72.4 Å². The summed E-state index contributed by atoms with van der Waals surface area (Å²) in [5.74, 6) is 0. The molecule has 0 unspecified atom stereocenters. The molecule has 0 fully saturated rings. The number of hydrogen-bond donors (Lipinski definition) is 0. The lowest BCUT2D eigenvalue weighted by Crippen LogP contribution is -2.18. The van der Waals surface area contributed by atoms with Crippen LogP contribution < -0.4 is 4.90 Å². The van der Waals surface area contributed by atoms with Crippen LogP contribution in [-0.4, -0.2) is 4.57 Å². The Hall–Kier alpha value is -7.68. The van der Waals surface area contributed by atoms with Crippen molar-refractivity contribution in [3.8, 4) is 61.5 Å². The summed E-state index contributed by atoms with van der Waals surface area (Å²) in [6.45, 7) is 9.47. The Morgan fingerprint density at radius 1 is 0.344 bits per heavy atom. The van der Waals surface area contributed by atoms with Gasteiger partial charge in [-0.2, -0.15) is 0 Å². The average molecular weight is 821 g/mol. The summed E-state index contributed by atoms with van der Waals surface area (Å²) >= 11 is 0. The first-order valence-corrected chi connectivity index (χ1v) is 22.5. The molecular weight excluding hydrogens is 773 g/mol. The number of aromatic nitrogens is 1. The molecule has 1 heterocycles. The molecular formula is C62H48N2. The fourth-order valence-electron chi connectivity index (χ4n) is 11.0. The van der Waals surface area contributed by atoms with Crippen molar-refractivity contribution in [2.75, 3.05) is 4.90 Å². The van der Waals surface area contributed by atoms with Crippen LogP contribution in [0.4, 0.5) is 17.1 Å². The number of fused-ring (bicyclic) bond motifs is 7. The van der Waals surface area contributed by atoms with E-state index in [4.69, 9.17) is 0 Å². The van der Waals surface area contributed by atoms with Crippen LogP contribution in [0.3, 0.4) is 0 Å². The van der Waals surface area contributed by atoms with Gasteiger partial charge in [0.25, 0.3) is 0 Å². The lowest BCUT2D eigenvalue weighted by Gasteiger charge is -2.30. The van der Waals surface area contributed by atoms with E-state index >= 15 is 0 Å². The average Bonchev–Trinajstić information content (AvgIpc) is 3.89. The van der Waals surface area contributed by atoms with Crippen LogP contribution in [0.15, 0.2) is 218 Å². The molecule has 2 aliphatic rings. The molecule has 0 N–H and O–H groups in total. The molecule has 306 valence electrons. The zero-order chi connectivity index (χ0) is 43.2. The van der Waals surface area contributed by atoms with Crippen molar-refractivity contribution in [1.29, 1.82) is 0 Å². The highest BCUT2D eigenvalue weighted by Crippen LogP contribution is 2.53.